The van der Waals surface area contributed by atoms with Crippen molar-refractivity contribution in [3.05, 3.63) is 59.2 Å². The Morgan fingerprint density at radius 1 is 0.944 bits per heavy atom. The number of rotatable bonds is 3. The zero-order chi connectivity index (χ0) is 13.1. The maximum atomic E-state index is 6.27. The second kappa shape index (κ2) is 5.72. The van der Waals surface area contributed by atoms with E-state index in [9.17, 15) is 0 Å². The molecule has 0 saturated heterocycles. The third-order valence-electron chi connectivity index (χ3n) is 3.36. The number of aryl methyl sites for hydroxylation is 3. The van der Waals surface area contributed by atoms with E-state index in [-0.39, 0.29) is 0 Å². The molecule has 0 aliphatic rings. The molecular weight excluding hydrogens is 256 g/mol. The van der Waals surface area contributed by atoms with E-state index in [1.54, 1.807) is 0 Å². The summed E-state index contributed by atoms with van der Waals surface area (Å²) in [6, 6.07) is 15.5. The number of alkyl halides is 1. The molecule has 0 N–H and O–H groups in total. The molecule has 0 aliphatic heterocycles. The molecule has 0 bridgehead atoms. The third-order valence-corrected chi connectivity index (χ3v) is 7.14. The third kappa shape index (κ3) is 2.85. The summed E-state index contributed by atoms with van der Waals surface area (Å²) in [4.78, 5) is 0. The Bertz CT molecular complexity index is 528. The number of hydrogen-bond acceptors (Lipinski definition) is 0. The molecule has 0 fully saturated rings. The van der Waals surface area contributed by atoms with Crippen LogP contribution < -0.4 is 10.4 Å². The average molecular weight is 275 g/mol. The fraction of sp³-hybridized carbons (Fsp3) is 0.250. The molecule has 2 rings (SSSR count). The van der Waals surface area contributed by atoms with Crippen molar-refractivity contribution in [2.24, 2.45) is 0 Å². The Balaban J connectivity index is 2.48. The van der Waals surface area contributed by atoms with Crippen LogP contribution in [-0.2, 0) is 0 Å². The van der Waals surface area contributed by atoms with Gasteiger partial charge >= 0.3 is 0 Å². The Morgan fingerprint density at radius 2 is 1.56 bits per heavy atom. The second-order valence-corrected chi connectivity index (χ2v) is 8.61. The quantitative estimate of drug-likeness (QED) is 0.596. The first-order valence-electron chi connectivity index (χ1n) is 6.31. The fourth-order valence-electron chi connectivity index (χ4n) is 2.54. The van der Waals surface area contributed by atoms with E-state index in [0.717, 1.165) is 5.50 Å². The monoisotopic (exact) mass is 274 g/mol. The number of halogens is 1. The van der Waals surface area contributed by atoms with Gasteiger partial charge in [0, 0.05) is 5.50 Å². The zero-order valence-corrected chi connectivity index (χ0v) is 13.1. The molecule has 0 amide bonds. The highest BCUT2D eigenvalue weighted by Crippen LogP contribution is 2.04. The summed E-state index contributed by atoms with van der Waals surface area (Å²) >= 11 is 6.27. The van der Waals surface area contributed by atoms with Crippen LogP contribution in [0.5, 0.6) is 0 Å². The highest BCUT2D eigenvalue weighted by atomic mass is 35.5. The van der Waals surface area contributed by atoms with Crippen LogP contribution in [0.25, 0.3) is 0 Å². The van der Waals surface area contributed by atoms with Gasteiger partial charge in [0.2, 0.25) is 0 Å². The Morgan fingerprint density at radius 3 is 2.11 bits per heavy atom. The van der Waals surface area contributed by atoms with Crippen LogP contribution in [0.15, 0.2) is 42.5 Å². The highest BCUT2D eigenvalue weighted by molar-refractivity contribution is 6.89. The van der Waals surface area contributed by atoms with E-state index < -0.39 is 8.80 Å². The summed E-state index contributed by atoms with van der Waals surface area (Å²) in [5.41, 5.74) is 4.80. The van der Waals surface area contributed by atoms with Crippen molar-refractivity contribution in [1.82, 2.24) is 0 Å². The van der Waals surface area contributed by atoms with Gasteiger partial charge in [0.15, 0.2) is 0 Å². The van der Waals surface area contributed by atoms with Gasteiger partial charge in [-0.25, -0.2) is 0 Å². The first kappa shape index (κ1) is 13.4. The van der Waals surface area contributed by atoms with E-state index in [0.29, 0.717) is 0 Å². The first-order chi connectivity index (χ1) is 8.61. The average Bonchev–Trinajstić information content (AvgIpc) is 2.31. The lowest BCUT2D eigenvalue weighted by atomic mass is 10.2. The summed E-state index contributed by atoms with van der Waals surface area (Å²) in [6.45, 7) is 6.51. The Kier molecular flexibility index (Phi) is 4.26. The molecule has 0 heterocycles. The minimum absolute atomic E-state index is 0.758. The zero-order valence-electron chi connectivity index (χ0n) is 11.2. The molecule has 0 spiro atoms. The normalized spacial score (nSPS) is 12.4. The Hall–Kier alpha value is -1.05. The molecule has 2 heteroatoms. The standard InChI is InChI=1S/C16H19ClSi/c1-12-8-13(2)10-15(9-12)18(11-17)16-7-5-4-6-14(16)3/h4-10,18H,11H2,1-3H3. The van der Waals surface area contributed by atoms with Gasteiger partial charge in [-0.3, -0.25) is 0 Å². The van der Waals surface area contributed by atoms with Crippen molar-refractivity contribution in [1.29, 1.82) is 0 Å². The predicted octanol–water partition coefficient (Wildman–Crippen LogP) is 2.73. The van der Waals surface area contributed by atoms with E-state index in [1.807, 2.05) is 0 Å². The molecule has 0 radical (unpaired) electrons. The molecular formula is C16H19ClSi. The smallest absolute Gasteiger partial charge is 0.118 e. The van der Waals surface area contributed by atoms with E-state index in [4.69, 9.17) is 11.6 Å². The lowest BCUT2D eigenvalue weighted by Gasteiger charge is -2.17. The van der Waals surface area contributed by atoms with Gasteiger partial charge in [-0.05, 0) is 20.8 Å². The molecule has 2 aromatic carbocycles. The van der Waals surface area contributed by atoms with Crippen LogP contribution in [0.2, 0.25) is 0 Å². The Labute approximate surface area is 116 Å². The summed E-state index contributed by atoms with van der Waals surface area (Å²) in [5, 5.41) is 2.93. The maximum Gasteiger partial charge on any atom is 0.118 e. The molecule has 0 nitrogen and oxygen atoms in total. The largest absolute Gasteiger partial charge is 0.130 e. The van der Waals surface area contributed by atoms with Gasteiger partial charge in [0.05, 0.1) is 0 Å². The predicted molar refractivity (Wildman–Crippen MR) is 84.2 cm³/mol. The van der Waals surface area contributed by atoms with Crippen LogP contribution in [-0.4, -0.2) is 14.3 Å². The van der Waals surface area contributed by atoms with Gasteiger partial charge in [0.25, 0.3) is 0 Å². The SMILES string of the molecule is Cc1cc(C)cc([SiH](CCl)c2ccccc2C)c1. The van der Waals surface area contributed by atoms with E-state index >= 15 is 0 Å². The maximum absolute atomic E-state index is 6.27. The summed E-state index contributed by atoms with van der Waals surface area (Å²) in [6.07, 6.45) is 0. The van der Waals surface area contributed by atoms with Crippen LogP contribution in [0.3, 0.4) is 0 Å². The first-order valence-corrected chi connectivity index (χ1v) is 8.82. The van der Waals surface area contributed by atoms with Gasteiger partial charge in [-0.2, -0.15) is 0 Å². The topological polar surface area (TPSA) is 0 Å². The molecule has 18 heavy (non-hydrogen) atoms. The van der Waals surface area contributed by atoms with Crippen LogP contribution in [0, 0.1) is 20.8 Å². The summed E-state index contributed by atoms with van der Waals surface area (Å²) in [7, 11) is -1.26. The van der Waals surface area contributed by atoms with Crippen molar-refractivity contribution in [3.8, 4) is 0 Å². The number of hydrogen-bond donors (Lipinski definition) is 0. The van der Waals surface area contributed by atoms with Gasteiger partial charge < -0.3 is 0 Å². The highest BCUT2D eigenvalue weighted by Gasteiger charge is 2.17. The van der Waals surface area contributed by atoms with Crippen molar-refractivity contribution < 1.29 is 0 Å². The molecule has 0 aromatic heterocycles. The molecule has 0 aliphatic carbocycles. The van der Waals surface area contributed by atoms with Crippen LogP contribution >= 0.6 is 11.6 Å². The lowest BCUT2D eigenvalue weighted by molar-refractivity contribution is 1.40. The van der Waals surface area contributed by atoms with Crippen molar-refractivity contribution in [3.63, 3.8) is 0 Å². The van der Waals surface area contributed by atoms with Crippen LogP contribution in [0.4, 0.5) is 0 Å². The number of benzene rings is 2. The van der Waals surface area contributed by atoms with Crippen LogP contribution in [0.1, 0.15) is 16.7 Å². The van der Waals surface area contributed by atoms with Gasteiger partial charge in [-0.15, -0.1) is 11.6 Å². The van der Waals surface area contributed by atoms with Crippen molar-refractivity contribution >= 4 is 30.8 Å². The van der Waals surface area contributed by atoms with Crippen molar-refractivity contribution in [2.75, 3.05) is 5.50 Å². The van der Waals surface area contributed by atoms with E-state index in [1.165, 1.54) is 27.1 Å². The minimum Gasteiger partial charge on any atom is -0.130 e. The second-order valence-electron chi connectivity index (χ2n) is 4.98. The lowest BCUT2D eigenvalue weighted by Crippen LogP contribution is -2.45. The van der Waals surface area contributed by atoms with Gasteiger partial charge in [0.1, 0.15) is 8.80 Å². The molecule has 1 atom stereocenters. The molecule has 0 saturated carbocycles. The van der Waals surface area contributed by atoms with E-state index in [2.05, 4.69) is 63.2 Å². The minimum atomic E-state index is -1.26. The van der Waals surface area contributed by atoms with Gasteiger partial charge in [-0.1, -0.05) is 69.5 Å². The molecule has 2 aromatic rings. The van der Waals surface area contributed by atoms with Crippen molar-refractivity contribution in [2.45, 2.75) is 20.8 Å². The summed E-state index contributed by atoms with van der Waals surface area (Å²) in [5.74, 6) is 0. The molecule has 1 unspecified atom stereocenters. The summed E-state index contributed by atoms with van der Waals surface area (Å²) < 4.78 is 0. The molecule has 94 valence electrons. The fourth-order valence-corrected chi connectivity index (χ4v) is 6.19.